The number of carbonyl (C=O) groups excluding carboxylic acids is 1. The second-order valence-electron chi connectivity index (χ2n) is 8.13. The molecule has 2 saturated carbocycles. The van der Waals surface area contributed by atoms with E-state index in [-0.39, 0.29) is 5.92 Å². The lowest BCUT2D eigenvalue weighted by Crippen LogP contribution is -2.41. The van der Waals surface area contributed by atoms with Crippen LogP contribution in [-0.4, -0.2) is 36.9 Å². The standard InChI is InChI=1S/C21H25N5O/c1-14-6-5-7-16-12-17(20-22-23-24-26(20)19(14)16)13-25(21(27)15-10-11-15)18-8-3-2-4-9-18/h5-7,12,15,18H,2-4,8-11,13H2,1H3. The van der Waals surface area contributed by atoms with Crippen molar-refractivity contribution in [2.75, 3.05) is 0 Å². The molecule has 2 aliphatic rings. The summed E-state index contributed by atoms with van der Waals surface area (Å²) < 4.78 is 1.83. The van der Waals surface area contributed by atoms with E-state index in [9.17, 15) is 4.79 Å². The number of hydrogen-bond acceptors (Lipinski definition) is 4. The highest BCUT2D eigenvalue weighted by molar-refractivity contribution is 5.86. The highest BCUT2D eigenvalue weighted by Gasteiger charge is 2.37. The molecule has 2 aliphatic carbocycles. The summed E-state index contributed by atoms with van der Waals surface area (Å²) in [4.78, 5) is 15.2. The van der Waals surface area contributed by atoms with Gasteiger partial charge in [-0.05, 0) is 54.7 Å². The van der Waals surface area contributed by atoms with Crippen LogP contribution in [0.5, 0.6) is 0 Å². The minimum Gasteiger partial charge on any atom is -0.335 e. The van der Waals surface area contributed by atoms with Crippen LogP contribution in [0.3, 0.4) is 0 Å². The zero-order valence-electron chi connectivity index (χ0n) is 15.8. The Hall–Kier alpha value is -2.50. The molecule has 0 N–H and O–H groups in total. The van der Waals surface area contributed by atoms with Crippen LogP contribution in [-0.2, 0) is 11.3 Å². The van der Waals surface area contributed by atoms with Gasteiger partial charge in [0, 0.05) is 29.5 Å². The van der Waals surface area contributed by atoms with Crippen LogP contribution >= 0.6 is 0 Å². The third-order valence-corrected chi connectivity index (χ3v) is 6.13. The Morgan fingerprint density at radius 1 is 1.19 bits per heavy atom. The first-order valence-electron chi connectivity index (χ1n) is 10.1. The normalized spacial score (nSPS) is 18.3. The molecular weight excluding hydrogens is 338 g/mol. The number of tetrazole rings is 1. The summed E-state index contributed by atoms with van der Waals surface area (Å²) >= 11 is 0. The van der Waals surface area contributed by atoms with Crippen molar-refractivity contribution in [2.24, 2.45) is 5.92 Å². The molecule has 0 radical (unpaired) electrons. The number of pyridine rings is 1. The third kappa shape index (κ3) is 2.97. The average Bonchev–Trinajstić information content (AvgIpc) is 3.43. The van der Waals surface area contributed by atoms with Crippen molar-refractivity contribution in [1.82, 2.24) is 24.9 Å². The number of rotatable bonds is 4. The van der Waals surface area contributed by atoms with Crippen molar-refractivity contribution in [3.8, 4) is 0 Å². The summed E-state index contributed by atoms with van der Waals surface area (Å²) in [6.07, 6.45) is 8.05. The predicted octanol–water partition coefficient (Wildman–Crippen LogP) is 3.66. The summed E-state index contributed by atoms with van der Waals surface area (Å²) in [6, 6.07) is 8.76. The van der Waals surface area contributed by atoms with Gasteiger partial charge in [-0.1, -0.05) is 37.5 Å². The predicted molar refractivity (Wildman–Crippen MR) is 103 cm³/mol. The number of carbonyl (C=O) groups is 1. The topological polar surface area (TPSA) is 63.4 Å². The maximum atomic E-state index is 13.1. The quantitative estimate of drug-likeness (QED) is 0.710. The lowest BCUT2D eigenvalue weighted by Gasteiger charge is -2.34. The van der Waals surface area contributed by atoms with E-state index in [4.69, 9.17) is 0 Å². The van der Waals surface area contributed by atoms with Crippen LogP contribution in [0.1, 0.15) is 56.1 Å². The van der Waals surface area contributed by atoms with Crippen LogP contribution in [0.15, 0.2) is 24.3 Å². The molecule has 6 heteroatoms. The van der Waals surface area contributed by atoms with E-state index < -0.39 is 0 Å². The molecule has 0 spiro atoms. The molecule has 0 unspecified atom stereocenters. The van der Waals surface area contributed by atoms with Crippen LogP contribution < -0.4 is 0 Å². The Balaban J connectivity index is 1.58. The van der Waals surface area contributed by atoms with Gasteiger partial charge in [0.25, 0.3) is 0 Å². The minimum atomic E-state index is 0.238. The molecule has 5 rings (SSSR count). The van der Waals surface area contributed by atoms with E-state index in [1.165, 1.54) is 19.3 Å². The van der Waals surface area contributed by atoms with Crippen LogP contribution in [0.25, 0.3) is 16.6 Å². The summed E-state index contributed by atoms with van der Waals surface area (Å²) in [5, 5.41) is 13.6. The largest absolute Gasteiger partial charge is 0.335 e. The number of para-hydroxylation sites is 1. The Bertz CT molecular complexity index is 1000. The Labute approximate surface area is 158 Å². The van der Waals surface area contributed by atoms with Gasteiger partial charge in [-0.2, -0.15) is 4.52 Å². The molecule has 2 aromatic heterocycles. The van der Waals surface area contributed by atoms with Crippen molar-refractivity contribution in [3.63, 3.8) is 0 Å². The molecule has 0 atom stereocenters. The number of benzene rings is 1. The molecule has 1 aromatic carbocycles. The zero-order valence-corrected chi connectivity index (χ0v) is 15.8. The van der Waals surface area contributed by atoms with Crippen LogP contribution in [0.2, 0.25) is 0 Å². The number of nitrogens with zero attached hydrogens (tertiary/aromatic N) is 5. The Kier molecular flexibility index (Phi) is 4.06. The number of fused-ring (bicyclic) bond motifs is 3. The molecule has 2 heterocycles. The number of amides is 1. The first-order chi connectivity index (χ1) is 13.2. The van der Waals surface area contributed by atoms with Crippen LogP contribution in [0.4, 0.5) is 0 Å². The fourth-order valence-corrected chi connectivity index (χ4v) is 4.52. The highest BCUT2D eigenvalue weighted by Crippen LogP contribution is 2.35. The first-order valence-corrected chi connectivity index (χ1v) is 10.1. The molecule has 0 aliphatic heterocycles. The van der Waals surface area contributed by atoms with E-state index in [1.54, 1.807) is 0 Å². The van der Waals surface area contributed by atoms with Gasteiger partial charge in [0.15, 0.2) is 5.65 Å². The van der Waals surface area contributed by atoms with E-state index >= 15 is 0 Å². The molecule has 140 valence electrons. The van der Waals surface area contributed by atoms with E-state index in [0.717, 1.165) is 53.4 Å². The van der Waals surface area contributed by atoms with Gasteiger partial charge >= 0.3 is 0 Å². The molecule has 6 nitrogen and oxygen atoms in total. The Morgan fingerprint density at radius 3 is 2.78 bits per heavy atom. The van der Waals surface area contributed by atoms with Gasteiger partial charge in [0.1, 0.15) is 0 Å². The monoisotopic (exact) mass is 363 g/mol. The molecule has 27 heavy (non-hydrogen) atoms. The molecular formula is C21H25N5O. The fourth-order valence-electron chi connectivity index (χ4n) is 4.52. The molecule has 3 aromatic rings. The molecule has 0 bridgehead atoms. The van der Waals surface area contributed by atoms with Gasteiger partial charge < -0.3 is 4.90 Å². The van der Waals surface area contributed by atoms with Crippen molar-refractivity contribution < 1.29 is 4.79 Å². The zero-order chi connectivity index (χ0) is 18.4. The van der Waals surface area contributed by atoms with Gasteiger partial charge in [-0.25, -0.2) is 0 Å². The Morgan fingerprint density at radius 2 is 2.00 bits per heavy atom. The molecule has 1 amide bonds. The fraction of sp³-hybridized carbons (Fsp3) is 0.524. The summed E-state index contributed by atoms with van der Waals surface area (Å²) in [7, 11) is 0. The van der Waals surface area contributed by atoms with Gasteiger partial charge in [0.2, 0.25) is 5.91 Å². The molecule has 2 fully saturated rings. The smallest absolute Gasteiger partial charge is 0.226 e. The average molecular weight is 363 g/mol. The number of aryl methyl sites for hydroxylation is 1. The maximum Gasteiger partial charge on any atom is 0.226 e. The third-order valence-electron chi connectivity index (χ3n) is 6.13. The number of aromatic nitrogens is 4. The highest BCUT2D eigenvalue weighted by atomic mass is 16.2. The summed E-state index contributed by atoms with van der Waals surface area (Å²) in [5.74, 6) is 0.568. The lowest BCUT2D eigenvalue weighted by atomic mass is 9.93. The van der Waals surface area contributed by atoms with Gasteiger partial charge in [0.05, 0.1) is 5.52 Å². The second-order valence-corrected chi connectivity index (χ2v) is 8.13. The summed E-state index contributed by atoms with van der Waals surface area (Å²) in [5.41, 5.74) is 3.99. The van der Waals surface area contributed by atoms with Crippen molar-refractivity contribution in [1.29, 1.82) is 0 Å². The minimum absolute atomic E-state index is 0.238. The van der Waals surface area contributed by atoms with Crippen LogP contribution in [0, 0.1) is 12.8 Å². The molecule has 0 saturated heterocycles. The van der Waals surface area contributed by atoms with Crippen molar-refractivity contribution in [2.45, 2.75) is 64.5 Å². The van der Waals surface area contributed by atoms with E-state index in [2.05, 4.69) is 51.6 Å². The maximum absolute atomic E-state index is 13.1. The number of hydrogen-bond donors (Lipinski definition) is 0. The van der Waals surface area contributed by atoms with Gasteiger partial charge in [-0.15, -0.1) is 5.10 Å². The lowest BCUT2D eigenvalue weighted by molar-refractivity contribution is -0.136. The van der Waals surface area contributed by atoms with E-state index in [1.807, 2.05) is 4.52 Å². The SMILES string of the molecule is Cc1cccc2cc(CN(C(=O)C3CC3)C3CCCCC3)c3nnnn3c12. The van der Waals surface area contributed by atoms with Gasteiger partial charge in [-0.3, -0.25) is 4.79 Å². The van der Waals surface area contributed by atoms with Crippen molar-refractivity contribution in [3.05, 3.63) is 35.4 Å². The second kappa shape index (κ2) is 6.59. The van der Waals surface area contributed by atoms with E-state index in [0.29, 0.717) is 18.5 Å². The first kappa shape index (κ1) is 16.7. The van der Waals surface area contributed by atoms with Crippen molar-refractivity contribution >= 4 is 22.5 Å². The summed E-state index contributed by atoms with van der Waals surface area (Å²) in [6.45, 7) is 2.68.